The first-order chi connectivity index (χ1) is 10.4. The third-order valence-electron chi connectivity index (χ3n) is 3.58. The largest absolute Gasteiger partial charge is 0.268 e. The minimum atomic E-state index is -4.11. The second-order valence-electron chi connectivity index (χ2n) is 5.01. The Morgan fingerprint density at radius 1 is 1.14 bits per heavy atom. The summed E-state index contributed by atoms with van der Waals surface area (Å²) in [5, 5.41) is 0. The molecule has 1 heterocycles. The van der Waals surface area contributed by atoms with Crippen molar-refractivity contribution in [2.75, 3.05) is 10.8 Å². The summed E-state index contributed by atoms with van der Waals surface area (Å²) in [5.41, 5.74) is 1.44. The Kier molecular flexibility index (Phi) is 3.94. The third kappa shape index (κ3) is 2.52. The van der Waals surface area contributed by atoms with E-state index < -0.39 is 26.6 Å². The molecule has 0 unspecified atom stereocenters. The number of halogens is 3. The molecule has 2 aromatic rings. The predicted molar refractivity (Wildman–Crippen MR) is 83.4 cm³/mol. The molecule has 0 N–H and O–H groups in total. The molecule has 3 nitrogen and oxygen atoms in total. The summed E-state index contributed by atoms with van der Waals surface area (Å²) in [6.07, 6.45) is 1.42. The number of sulfonamides is 1. The standard InChI is InChI=1S/C15H12BrF2NO2S/c16-12-8-11(17)9-13(18)15(12)22(20,21)19-7-3-5-10-4-1-2-6-14(10)19/h1-2,4,6,8-9H,3,5,7H2. The smallest absolute Gasteiger partial charge is 0.266 e. The molecule has 0 amide bonds. The molecule has 3 rings (SSSR count). The molecular formula is C15H12BrF2NO2S. The van der Waals surface area contributed by atoms with Crippen LogP contribution in [0.4, 0.5) is 14.5 Å². The second kappa shape index (κ2) is 5.62. The number of hydrogen-bond donors (Lipinski definition) is 0. The molecule has 7 heteroatoms. The van der Waals surface area contributed by atoms with Gasteiger partial charge in [-0.05, 0) is 46.5 Å². The van der Waals surface area contributed by atoms with Crippen LogP contribution in [0.3, 0.4) is 0 Å². The molecular weight excluding hydrogens is 376 g/mol. The number of nitrogens with zero attached hydrogens (tertiary/aromatic N) is 1. The van der Waals surface area contributed by atoms with Crippen LogP contribution in [-0.2, 0) is 16.4 Å². The van der Waals surface area contributed by atoms with Crippen molar-refractivity contribution in [1.29, 1.82) is 0 Å². The topological polar surface area (TPSA) is 37.4 Å². The zero-order valence-corrected chi connectivity index (χ0v) is 13.8. The molecule has 0 radical (unpaired) electrons. The average molecular weight is 388 g/mol. The molecule has 0 saturated heterocycles. The number of aryl methyl sites for hydroxylation is 1. The van der Waals surface area contributed by atoms with E-state index in [1.54, 1.807) is 12.1 Å². The van der Waals surface area contributed by atoms with Gasteiger partial charge in [-0.3, -0.25) is 4.31 Å². The summed E-state index contributed by atoms with van der Waals surface area (Å²) < 4.78 is 54.0. The lowest BCUT2D eigenvalue weighted by Gasteiger charge is -2.30. The summed E-state index contributed by atoms with van der Waals surface area (Å²) in [6.45, 7) is 0.266. The molecule has 22 heavy (non-hydrogen) atoms. The van der Waals surface area contributed by atoms with Crippen LogP contribution in [0.2, 0.25) is 0 Å². The fourth-order valence-corrected chi connectivity index (χ4v) is 5.29. The quantitative estimate of drug-likeness (QED) is 0.784. The Hall–Kier alpha value is -1.47. The van der Waals surface area contributed by atoms with Crippen molar-refractivity contribution in [1.82, 2.24) is 0 Å². The van der Waals surface area contributed by atoms with Crippen LogP contribution in [0.15, 0.2) is 45.8 Å². The second-order valence-corrected chi connectivity index (χ2v) is 7.66. The SMILES string of the molecule is O=S(=O)(c1c(F)cc(F)cc1Br)N1CCCc2ccccc21. The van der Waals surface area contributed by atoms with Gasteiger partial charge in [0.25, 0.3) is 10.0 Å². The summed E-state index contributed by atoms with van der Waals surface area (Å²) in [5.74, 6) is -1.93. The molecule has 0 spiro atoms. The monoisotopic (exact) mass is 387 g/mol. The molecule has 2 aromatic carbocycles. The summed E-state index contributed by atoms with van der Waals surface area (Å²) in [6, 6.07) is 8.65. The summed E-state index contributed by atoms with van der Waals surface area (Å²) >= 11 is 2.95. The minimum absolute atomic E-state index is 0.118. The van der Waals surface area contributed by atoms with Gasteiger partial charge < -0.3 is 0 Å². The maximum Gasteiger partial charge on any atom is 0.268 e. The Morgan fingerprint density at radius 2 is 1.86 bits per heavy atom. The van der Waals surface area contributed by atoms with Crippen molar-refractivity contribution in [3.8, 4) is 0 Å². The molecule has 1 aliphatic heterocycles. The van der Waals surface area contributed by atoms with Gasteiger partial charge in [-0.25, -0.2) is 17.2 Å². The first-order valence-electron chi connectivity index (χ1n) is 6.66. The number of benzene rings is 2. The lowest BCUT2D eigenvalue weighted by atomic mass is 10.0. The van der Waals surface area contributed by atoms with Crippen molar-refractivity contribution in [3.05, 3.63) is 58.1 Å². The van der Waals surface area contributed by atoms with Crippen molar-refractivity contribution in [2.24, 2.45) is 0 Å². The van der Waals surface area contributed by atoms with E-state index >= 15 is 0 Å². The highest BCUT2D eigenvalue weighted by atomic mass is 79.9. The van der Waals surface area contributed by atoms with Gasteiger partial charge in [-0.1, -0.05) is 18.2 Å². The van der Waals surface area contributed by atoms with Crippen molar-refractivity contribution >= 4 is 31.6 Å². The first-order valence-corrected chi connectivity index (χ1v) is 8.90. The van der Waals surface area contributed by atoms with E-state index in [0.29, 0.717) is 18.2 Å². The normalized spacial score (nSPS) is 14.8. The van der Waals surface area contributed by atoms with Crippen LogP contribution in [0.1, 0.15) is 12.0 Å². The van der Waals surface area contributed by atoms with Crippen LogP contribution in [0.5, 0.6) is 0 Å². The summed E-state index contributed by atoms with van der Waals surface area (Å²) in [4.78, 5) is -0.536. The van der Waals surface area contributed by atoms with Gasteiger partial charge in [0, 0.05) is 17.1 Å². The molecule has 0 aliphatic carbocycles. The Morgan fingerprint density at radius 3 is 2.59 bits per heavy atom. The van der Waals surface area contributed by atoms with Gasteiger partial charge in [0.2, 0.25) is 0 Å². The molecule has 116 valence electrons. The van der Waals surface area contributed by atoms with Crippen molar-refractivity contribution < 1.29 is 17.2 Å². The Bertz CT molecular complexity index is 816. The highest BCUT2D eigenvalue weighted by molar-refractivity contribution is 9.10. The van der Waals surface area contributed by atoms with E-state index in [-0.39, 0.29) is 11.0 Å². The van der Waals surface area contributed by atoms with E-state index in [4.69, 9.17) is 0 Å². The van der Waals surface area contributed by atoms with E-state index in [1.165, 1.54) is 4.31 Å². The van der Waals surface area contributed by atoms with Gasteiger partial charge in [0.15, 0.2) is 0 Å². The van der Waals surface area contributed by atoms with Gasteiger partial charge >= 0.3 is 0 Å². The van der Waals surface area contributed by atoms with E-state index in [9.17, 15) is 17.2 Å². The predicted octanol–water partition coefficient (Wildman–Crippen LogP) is 3.87. The Labute approximate surface area is 135 Å². The van der Waals surface area contributed by atoms with Gasteiger partial charge in [0.1, 0.15) is 16.5 Å². The number of rotatable bonds is 2. The highest BCUT2D eigenvalue weighted by Crippen LogP contribution is 2.35. The fraction of sp³-hybridized carbons (Fsp3) is 0.200. The van der Waals surface area contributed by atoms with E-state index in [2.05, 4.69) is 15.9 Å². The van der Waals surface area contributed by atoms with Crippen LogP contribution in [-0.4, -0.2) is 15.0 Å². The maximum absolute atomic E-state index is 14.1. The van der Waals surface area contributed by atoms with Crippen LogP contribution in [0, 0.1) is 11.6 Å². The van der Waals surface area contributed by atoms with Gasteiger partial charge in [0.05, 0.1) is 5.69 Å². The molecule has 0 aromatic heterocycles. The molecule has 0 fully saturated rings. The van der Waals surface area contributed by atoms with Crippen LogP contribution in [0.25, 0.3) is 0 Å². The lowest BCUT2D eigenvalue weighted by Crippen LogP contribution is -2.36. The van der Waals surface area contributed by atoms with Gasteiger partial charge in [-0.15, -0.1) is 0 Å². The maximum atomic E-state index is 14.1. The first kappa shape index (κ1) is 15.4. The highest BCUT2D eigenvalue weighted by Gasteiger charge is 2.33. The van der Waals surface area contributed by atoms with Crippen molar-refractivity contribution in [3.63, 3.8) is 0 Å². The fourth-order valence-electron chi connectivity index (χ4n) is 2.63. The van der Waals surface area contributed by atoms with Crippen LogP contribution >= 0.6 is 15.9 Å². The van der Waals surface area contributed by atoms with E-state index in [1.807, 2.05) is 12.1 Å². The van der Waals surface area contributed by atoms with Gasteiger partial charge in [-0.2, -0.15) is 0 Å². The lowest BCUT2D eigenvalue weighted by molar-refractivity contribution is 0.543. The third-order valence-corrected chi connectivity index (χ3v) is 6.36. The van der Waals surface area contributed by atoms with Crippen LogP contribution < -0.4 is 4.31 Å². The number of anilines is 1. The molecule has 0 saturated carbocycles. The van der Waals surface area contributed by atoms with Crippen molar-refractivity contribution in [2.45, 2.75) is 17.7 Å². The average Bonchev–Trinajstić information content (AvgIpc) is 2.45. The summed E-state index contributed by atoms with van der Waals surface area (Å²) in [7, 11) is -4.11. The zero-order valence-electron chi connectivity index (χ0n) is 11.4. The molecule has 1 aliphatic rings. The zero-order chi connectivity index (χ0) is 15.9. The number of hydrogen-bond acceptors (Lipinski definition) is 2. The van der Waals surface area contributed by atoms with E-state index in [0.717, 1.165) is 18.1 Å². The molecule has 0 atom stereocenters. The molecule has 0 bridgehead atoms. The number of para-hydroxylation sites is 1. The minimum Gasteiger partial charge on any atom is -0.266 e. The Balaban J connectivity index is 2.17. The number of fused-ring (bicyclic) bond motifs is 1.